The third-order valence-corrected chi connectivity index (χ3v) is 2.38. The highest BCUT2D eigenvalue weighted by Crippen LogP contribution is 2.32. The second-order valence-electron chi connectivity index (χ2n) is 3.94. The zero-order valence-electron chi connectivity index (χ0n) is 9.89. The SMILES string of the molecule is Cc1ccc(Oc2cc(F)cc(F)c2)c([N+](=O)[O-])c1. The van der Waals surface area contributed by atoms with E-state index < -0.39 is 16.6 Å². The second kappa shape index (κ2) is 5.01. The first-order valence-electron chi connectivity index (χ1n) is 5.35. The summed E-state index contributed by atoms with van der Waals surface area (Å²) in [6.07, 6.45) is 0. The van der Waals surface area contributed by atoms with Gasteiger partial charge in [-0.25, -0.2) is 8.78 Å². The van der Waals surface area contributed by atoms with Crippen molar-refractivity contribution in [2.75, 3.05) is 0 Å². The average molecular weight is 265 g/mol. The van der Waals surface area contributed by atoms with E-state index in [-0.39, 0.29) is 17.2 Å². The van der Waals surface area contributed by atoms with Crippen LogP contribution in [0.4, 0.5) is 14.5 Å². The molecule has 19 heavy (non-hydrogen) atoms. The van der Waals surface area contributed by atoms with E-state index in [4.69, 9.17) is 4.74 Å². The Morgan fingerprint density at radius 2 is 1.74 bits per heavy atom. The van der Waals surface area contributed by atoms with Crippen molar-refractivity contribution >= 4 is 5.69 Å². The maximum atomic E-state index is 13.0. The smallest absolute Gasteiger partial charge is 0.311 e. The van der Waals surface area contributed by atoms with Gasteiger partial charge in [-0.15, -0.1) is 0 Å². The van der Waals surface area contributed by atoms with Gasteiger partial charge in [0.25, 0.3) is 0 Å². The van der Waals surface area contributed by atoms with Crippen molar-refractivity contribution in [1.29, 1.82) is 0 Å². The molecular weight excluding hydrogens is 256 g/mol. The van der Waals surface area contributed by atoms with E-state index in [1.54, 1.807) is 13.0 Å². The van der Waals surface area contributed by atoms with Crippen LogP contribution in [0.25, 0.3) is 0 Å². The van der Waals surface area contributed by atoms with E-state index >= 15 is 0 Å². The lowest BCUT2D eigenvalue weighted by Gasteiger charge is -2.07. The Balaban J connectivity index is 2.40. The van der Waals surface area contributed by atoms with Crippen molar-refractivity contribution in [3.05, 3.63) is 63.7 Å². The molecule has 0 aliphatic heterocycles. The van der Waals surface area contributed by atoms with Crippen LogP contribution in [0, 0.1) is 28.7 Å². The van der Waals surface area contributed by atoms with Crippen LogP contribution in [-0.4, -0.2) is 4.92 Å². The zero-order chi connectivity index (χ0) is 14.0. The fraction of sp³-hybridized carbons (Fsp3) is 0.0769. The lowest BCUT2D eigenvalue weighted by atomic mass is 10.2. The average Bonchev–Trinajstić information content (AvgIpc) is 2.30. The quantitative estimate of drug-likeness (QED) is 0.623. The monoisotopic (exact) mass is 265 g/mol. The van der Waals surface area contributed by atoms with Gasteiger partial charge in [-0.05, 0) is 18.6 Å². The summed E-state index contributed by atoms with van der Waals surface area (Å²) in [5, 5.41) is 10.9. The topological polar surface area (TPSA) is 52.4 Å². The Labute approximate surface area is 107 Å². The van der Waals surface area contributed by atoms with Crippen LogP contribution in [0.3, 0.4) is 0 Å². The molecule has 0 saturated heterocycles. The van der Waals surface area contributed by atoms with E-state index in [1.807, 2.05) is 0 Å². The minimum absolute atomic E-state index is 0.0689. The van der Waals surface area contributed by atoms with Crippen LogP contribution in [0.2, 0.25) is 0 Å². The van der Waals surface area contributed by atoms with E-state index in [2.05, 4.69) is 0 Å². The first-order valence-corrected chi connectivity index (χ1v) is 5.35. The van der Waals surface area contributed by atoms with Gasteiger partial charge in [0, 0.05) is 24.3 Å². The summed E-state index contributed by atoms with van der Waals surface area (Å²) in [4.78, 5) is 10.3. The number of nitrogens with zero attached hydrogens (tertiary/aromatic N) is 1. The lowest BCUT2D eigenvalue weighted by Crippen LogP contribution is -1.95. The highest BCUT2D eigenvalue weighted by molar-refractivity contribution is 5.50. The van der Waals surface area contributed by atoms with Crippen LogP contribution in [0.5, 0.6) is 11.5 Å². The molecule has 0 radical (unpaired) electrons. The van der Waals surface area contributed by atoms with Crippen molar-refractivity contribution in [2.24, 2.45) is 0 Å². The molecule has 0 aliphatic rings. The molecule has 0 saturated carbocycles. The molecule has 0 amide bonds. The van der Waals surface area contributed by atoms with E-state index in [1.165, 1.54) is 12.1 Å². The molecule has 0 aliphatic carbocycles. The first kappa shape index (κ1) is 12.9. The third kappa shape index (κ3) is 3.04. The molecule has 6 heteroatoms. The van der Waals surface area contributed by atoms with Crippen molar-refractivity contribution in [3.63, 3.8) is 0 Å². The van der Waals surface area contributed by atoms with Crippen LogP contribution < -0.4 is 4.74 Å². The second-order valence-corrected chi connectivity index (χ2v) is 3.94. The molecular formula is C13H9F2NO3. The summed E-state index contributed by atoms with van der Waals surface area (Å²) < 4.78 is 31.2. The number of halogens is 2. The summed E-state index contributed by atoms with van der Waals surface area (Å²) in [6, 6.07) is 6.91. The van der Waals surface area contributed by atoms with Gasteiger partial charge in [-0.3, -0.25) is 10.1 Å². The van der Waals surface area contributed by atoms with E-state index in [0.29, 0.717) is 11.6 Å². The minimum Gasteiger partial charge on any atom is -0.450 e. The van der Waals surface area contributed by atoms with Gasteiger partial charge < -0.3 is 4.74 Å². The highest BCUT2D eigenvalue weighted by atomic mass is 19.1. The number of rotatable bonds is 3. The highest BCUT2D eigenvalue weighted by Gasteiger charge is 2.16. The molecule has 2 aromatic rings. The molecule has 4 nitrogen and oxygen atoms in total. The Bertz CT molecular complexity index is 624. The molecule has 2 aromatic carbocycles. The number of hydrogen-bond donors (Lipinski definition) is 0. The summed E-state index contributed by atoms with van der Waals surface area (Å²) >= 11 is 0. The molecule has 0 unspecified atom stereocenters. The summed E-state index contributed by atoms with van der Waals surface area (Å²) in [5.74, 6) is -1.83. The third-order valence-electron chi connectivity index (χ3n) is 2.38. The zero-order valence-corrected chi connectivity index (χ0v) is 9.89. The number of ether oxygens (including phenoxy) is 1. The Hall–Kier alpha value is -2.50. The van der Waals surface area contributed by atoms with E-state index in [0.717, 1.165) is 12.1 Å². The maximum absolute atomic E-state index is 13.0. The van der Waals surface area contributed by atoms with Crippen LogP contribution in [0.1, 0.15) is 5.56 Å². The minimum atomic E-state index is -0.815. The molecule has 0 fully saturated rings. The maximum Gasteiger partial charge on any atom is 0.311 e. The normalized spacial score (nSPS) is 10.3. The summed E-state index contributed by atoms with van der Waals surface area (Å²) in [7, 11) is 0. The number of benzene rings is 2. The number of nitro groups is 1. The first-order chi connectivity index (χ1) is 8.95. The number of aryl methyl sites for hydroxylation is 1. The van der Waals surface area contributed by atoms with Crippen LogP contribution in [0.15, 0.2) is 36.4 Å². The Morgan fingerprint density at radius 3 is 2.32 bits per heavy atom. The number of hydrogen-bond acceptors (Lipinski definition) is 3. The van der Waals surface area contributed by atoms with E-state index in [9.17, 15) is 18.9 Å². The Kier molecular flexibility index (Phi) is 3.41. The predicted octanol–water partition coefficient (Wildman–Crippen LogP) is 3.97. The molecule has 0 spiro atoms. The Morgan fingerprint density at radius 1 is 1.11 bits per heavy atom. The van der Waals surface area contributed by atoms with Gasteiger partial charge in [0.05, 0.1) is 4.92 Å². The molecule has 0 aromatic heterocycles. The van der Waals surface area contributed by atoms with Crippen molar-refractivity contribution in [3.8, 4) is 11.5 Å². The summed E-state index contributed by atoms with van der Waals surface area (Å²) in [5.41, 5.74) is 0.425. The van der Waals surface area contributed by atoms with Crippen LogP contribution in [-0.2, 0) is 0 Å². The van der Waals surface area contributed by atoms with Gasteiger partial charge in [-0.1, -0.05) is 6.07 Å². The molecule has 0 atom stereocenters. The van der Waals surface area contributed by atoms with Gasteiger partial charge >= 0.3 is 5.69 Å². The van der Waals surface area contributed by atoms with Gasteiger partial charge in [-0.2, -0.15) is 0 Å². The molecule has 2 rings (SSSR count). The largest absolute Gasteiger partial charge is 0.450 e. The summed E-state index contributed by atoms with van der Waals surface area (Å²) in [6.45, 7) is 1.69. The fourth-order valence-corrected chi connectivity index (χ4v) is 1.57. The standard InChI is InChI=1S/C13H9F2NO3/c1-8-2-3-13(12(4-8)16(17)18)19-11-6-9(14)5-10(15)7-11/h2-7H,1H3. The molecule has 0 bridgehead atoms. The lowest BCUT2D eigenvalue weighted by molar-refractivity contribution is -0.385. The fourth-order valence-electron chi connectivity index (χ4n) is 1.57. The van der Waals surface area contributed by atoms with Gasteiger partial charge in [0.2, 0.25) is 5.75 Å². The van der Waals surface area contributed by atoms with Crippen LogP contribution >= 0.6 is 0 Å². The molecule has 0 N–H and O–H groups in total. The number of nitro benzene ring substituents is 1. The van der Waals surface area contributed by atoms with Crippen molar-refractivity contribution in [2.45, 2.75) is 6.92 Å². The molecule has 0 heterocycles. The van der Waals surface area contributed by atoms with Crippen molar-refractivity contribution in [1.82, 2.24) is 0 Å². The van der Waals surface area contributed by atoms with Crippen molar-refractivity contribution < 1.29 is 18.4 Å². The predicted molar refractivity (Wildman–Crippen MR) is 64.3 cm³/mol. The van der Waals surface area contributed by atoms with Gasteiger partial charge in [0.1, 0.15) is 17.4 Å². The van der Waals surface area contributed by atoms with Gasteiger partial charge in [0.15, 0.2) is 0 Å². The molecule has 98 valence electrons.